The zero-order valence-electron chi connectivity index (χ0n) is 14.9. The van der Waals surface area contributed by atoms with Gasteiger partial charge in [-0.3, -0.25) is 4.90 Å². The molecule has 1 amide bonds. The molecule has 1 aliphatic heterocycles. The second-order valence-corrected chi connectivity index (χ2v) is 7.08. The van der Waals surface area contributed by atoms with Crippen molar-refractivity contribution in [2.24, 2.45) is 0 Å². The number of amides is 1. The Hall–Kier alpha value is -2.35. The van der Waals surface area contributed by atoms with E-state index >= 15 is 0 Å². The second-order valence-electron chi connectivity index (χ2n) is 7.08. The molecule has 0 aliphatic carbocycles. The van der Waals surface area contributed by atoms with E-state index in [0.29, 0.717) is 37.2 Å². The van der Waals surface area contributed by atoms with Crippen LogP contribution in [0.5, 0.6) is 0 Å². The van der Waals surface area contributed by atoms with Crippen molar-refractivity contribution in [3.63, 3.8) is 0 Å². The van der Waals surface area contributed by atoms with Gasteiger partial charge in [-0.15, -0.1) is 10.2 Å². The van der Waals surface area contributed by atoms with E-state index in [4.69, 9.17) is 13.6 Å². The molecule has 2 aromatic rings. The Morgan fingerprint density at radius 1 is 1.24 bits per heavy atom. The molecule has 1 aliphatic rings. The number of ether oxygens (including phenoxy) is 1. The summed E-state index contributed by atoms with van der Waals surface area (Å²) >= 11 is 0. The molecular weight excluding hydrogens is 324 g/mol. The number of rotatable bonds is 3. The third-order valence-electron chi connectivity index (χ3n) is 3.80. The molecule has 8 heteroatoms. The predicted molar refractivity (Wildman–Crippen MR) is 89.7 cm³/mol. The van der Waals surface area contributed by atoms with Gasteiger partial charge in [0.25, 0.3) is 5.89 Å². The van der Waals surface area contributed by atoms with Gasteiger partial charge >= 0.3 is 6.09 Å². The minimum atomic E-state index is -0.477. The molecule has 2 aromatic heterocycles. The molecule has 0 spiro atoms. The lowest BCUT2D eigenvalue weighted by molar-refractivity contribution is 0.0257. The first-order valence-corrected chi connectivity index (χ1v) is 8.47. The summed E-state index contributed by atoms with van der Waals surface area (Å²) in [5.41, 5.74) is -0.477. The van der Waals surface area contributed by atoms with Crippen molar-refractivity contribution in [3.05, 3.63) is 24.3 Å². The fraction of sp³-hybridized carbons (Fsp3) is 0.588. The summed E-state index contributed by atoms with van der Waals surface area (Å²) in [7, 11) is 0. The molecule has 0 saturated carbocycles. The van der Waals surface area contributed by atoms with Crippen LogP contribution in [-0.4, -0.2) is 57.9 Å². The lowest BCUT2D eigenvalue weighted by Crippen LogP contribution is -2.39. The number of hydrogen-bond acceptors (Lipinski definition) is 7. The van der Waals surface area contributed by atoms with E-state index in [9.17, 15) is 4.79 Å². The Bertz CT molecular complexity index is 690. The van der Waals surface area contributed by atoms with Crippen LogP contribution in [0.1, 0.15) is 33.1 Å². The van der Waals surface area contributed by atoms with Gasteiger partial charge in [0.2, 0.25) is 5.89 Å². The summed E-state index contributed by atoms with van der Waals surface area (Å²) in [5, 5.41) is 8.09. The van der Waals surface area contributed by atoms with Gasteiger partial charge in [-0.25, -0.2) is 4.79 Å². The van der Waals surface area contributed by atoms with Crippen LogP contribution in [-0.2, 0) is 11.3 Å². The summed E-state index contributed by atoms with van der Waals surface area (Å²) in [5.74, 6) is 1.48. The highest BCUT2D eigenvalue weighted by molar-refractivity contribution is 5.68. The van der Waals surface area contributed by atoms with Crippen LogP contribution in [0, 0.1) is 0 Å². The lowest BCUT2D eigenvalue weighted by atomic mass is 10.2. The molecule has 1 saturated heterocycles. The van der Waals surface area contributed by atoms with Gasteiger partial charge in [0.05, 0.1) is 12.8 Å². The van der Waals surface area contributed by atoms with Crippen molar-refractivity contribution >= 4 is 6.09 Å². The summed E-state index contributed by atoms with van der Waals surface area (Å²) < 4.78 is 16.4. The zero-order chi connectivity index (χ0) is 17.9. The molecule has 0 radical (unpaired) electrons. The Morgan fingerprint density at radius 2 is 2.08 bits per heavy atom. The SMILES string of the molecule is CC(C)(C)OC(=O)N1CCCN(Cc2nnc(-c3ccco3)o2)CC1. The molecule has 0 atom stereocenters. The van der Waals surface area contributed by atoms with E-state index in [-0.39, 0.29) is 6.09 Å². The van der Waals surface area contributed by atoms with E-state index in [1.807, 2.05) is 20.8 Å². The third-order valence-corrected chi connectivity index (χ3v) is 3.80. The average Bonchev–Trinajstić information content (AvgIpc) is 3.14. The Balaban J connectivity index is 1.54. The number of carbonyl (C=O) groups is 1. The van der Waals surface area contributed by atoms with Crippen molar-refractivity contribution in [1.82, 2.24) is 20.0 Å². The van der Waals surface area contributed by atoms with E-state index in [1.165, 1.54) is 0 Å². The van der Waals surface area contributed by atoms with Gasteiger partial charge in [0, 0.05) is 26.2 Å². The van der Waals surface area contributed by atoms with Crippen LogP contribution in [0.15, 0.2) is 27.2 Å². The highest BCUT2D eigenvalue weighted by atomic mass is 16.6. The van der Waals surface area contributed by atoms with E-state index < -0.39 is 5.60 Å². The molecule has 25 heavy (non-hydrogen) atoms. The van der Waals surface area contributed by atoms with E-state index in [1.54, 1.807) is 23.3 Å². The number of furan rings is 1. The zero-order valence-corrected chi connectivity index (χ0v) is 14.9. The minimum Gasteiger partial charge on any atom is -0.459 e. The fourth-order valence-electron chi connectivity index (χ4n) is 2.65. The first-order chi connectivity index (χ1) is 11.9. The van der Waals surface area contributed by atoms with Crippen LogP contribution >= 0.6 is 0 Å². The highest BCUT2D eigenvalue weighted by Gasteiger charge is 2.25. The monoisotopic (exact) mass is 348 g/mol. The lowest BCUT2D eigenvalue weighted by Gasteiger charge is -2.26. The van der Waals surface area contributed by atoms with Crippen LogP contribution in [0.3, 0.4) is 0 Å². The Kier molecular flexibility index (Phi) is 5.08. The van der Waals surface area contributed by atoms with Crippen LogP contribution in [0.4, 0.5) is 4.79 Å². The summed E-state index contributed by atoms with van der Waals surface area (Å²) in [6.07, 6.45) is 2.18. The maximum absolute atomic E-state index is 12.2. The van der Waals surface area contributed by atoms with Crippen molar-refractivity contribution in [2.75, 3.05) is 26.2 Å². The normalized spacial score (nSPS) is 16.7. The van der Waals surface area contributed by atoms with Crippen LogP contribution < -0.4 is 0 Å². The smallest absolute Gasteiger partial charge is 0.410 e. The van der Waals surface area contributed by atoms with E-state index in [2.05, 4.69) is 15.1 Å². The second kappa shape index (κ2) is 7.26. The van der Waals surface area contributed by atoms with Crippen molar-refractivity contribution in [3.8, 4) is 11.7 Å². The van der Waals surface area contributed by atoms with Gasteiger partial charge < -0.3 is 18.5 Å². The summed E-state index contributed by atoms with van der Waals surface area (Å²) in [6, 6.07) is 3.56. The first kappa shape index (κ1) is 17.5. The Morgan fingerprint density at radius 3 is 2.80 bits per heavy atom. The summed E-state index contributed by atoms with van der Waals surface area (Å²) in [4.78, 5) is 16.2. The van der Waals surface area contributed by atoms with Gasteiger partial charge in [-0.2, -0.15) is 0 Å². The molecule has 0 unspecified atom stereocenters. The third kappa shape index (κ3) is 4.82. The Labute approximate surface area is 146 Å². The number of nitrogens with zero attached hydrogens (tertiary/aromatic N) is 4. The highest BCUT2D eigenvalue weighted by Crippen LogP contribution is 2.19. The van der Waals surface area contributed by atoms with Gasteiger partial charge in [-0.05, 0) is 39.3 Å². The minimum absolute atomic E-state index is 0.257. The van der Waals surface area contributed by atoms with Crippen LogP contribution in [0.25, 0.3) is 11.7 Å². The molecule has 0 bridgehead atoms. The number of aromatic nitrogens is 2. The maximum Gasteiger partial charge on any atom is 0.410 e. The topological polar surface area (TPSA) is 84.8 Å². The van der Waals surface area contributed by atoms with Crippen molar-refractivity contribution < 1.29 is 18.4 Å². The molecule has 136 valence electrons. The molecule has 3 rings (SSSR count). The molecule has 0 aromatic carbocycles. The maximum atomic E-state index is 12.2. The molecular formula is C17H24N4O4. The molecule has 1 fully saturated rings. The van der Waals surface area contributed by atoms with Crippen LogP contribution in [0.2, 0.25) is 0 Å². The standard InChI is InChI=1S/C17H24N4O4/c1-17(2,3)25-16(22)21-8-5-7-20(9-10-21)12-14-18-19-15(24-14)13-6-4-11-23-13/h4,6,11H,5,7-10,12H2,1-3H3. The number of hydrogen-bond donors (Lipinski definition) is 0. The number of carbonyl (C=O) groups excluding carboxylic acids is 1. The fourth-order valence-corrected chi connectivity index (χ4v) is 2.65. The average molecular weight is 348 g/mol. The van der Waals surface area contributed by atoms with Gasteiger partial charge in [0.1, 0.15) is 5.60 Å². The predicted octanol–water partition coefficient (Wildman–Crippen LogP) is 2.77. The molecule has 8 nitrogen and oxygen atoms in total. The quantitative estimate of drug-likeness (QED) is 0.843. The first-order valence-electron chi connectivity index (χ1n) is 8.47. The largest absolute Gasteiger partial charge is 0.459 e. The molecule has 3 heterocycles. The van der Waals surface area contributed by atoms with Gasteiger partial charge in [-0.1, -0.05) is 0 Å². The van der Waals surface area contributed by atoms with E-state index in [0.717, 1.165) is 19.5 Å². The molecule has 0 N–H and O–H groups in total. The summed E-state index contributed by atoms with van der Waals surface area (Å²) in [6.45, 7) is 9.08. The van der Waals surface area contributed by atoms with Gasteiger partial charge in [0.15, 0.2) is 5.76 Å². The van der Waals surface area contributed by atoms with Crippen molar-refractivity contribution in [1.29, 1.82) is 0 Å². The van der Waals surface area contributed by atoms with Crippen molar-refractivity contribution in [2.45, 2.75) is 39.3 Å².